The van der Waals surface area contributed by atoms with E-state index in [1.807, 2.05) is 0 Å². The molecular weight excluding hydrogens is 412 g/mol. The van der Waals surface area contributed by atoms with Crippen LogP contribution in [0.4, 0.5) is 0 Å². The minimum atomic E-state index is -0.573. The van der Waals surface area contributed by atoms with Crippen molar-refractivity contribution in [2.45, 2.75) is 38.5 Å². The molecule has 6 heteroatoms. The molecule has 0 spiro atoms. The Hall–Kier alpha value is 0.870. The van der Waals surface area contributed by atoms with Gasteiger partial charge < -0.3 is 5.11 Å². The largest absolute Gasteiger partial charge is 0.481 e. The fourth-order valence-corrected chi connectivity index (χ4v) is 12.0. The Morgan fingerprint density at radius 3 is 1.67 bits per heavy atom. The predicted molar refractivity (Wildman–Crippen MR) is 125 cm³/mol. The first kappa shape index (κ1) is 21.1. The summed E-state index contributed by atoms with van der Waals surface area (Å²) >= 11 is 8.60. The maximum Gasteiger partial charge on any atom is 0.303 e. The molecule has 0 aromatic rings. The van der Waals surface area contributed by atoms with Gasteiger partial charge in [-0.15, -0.1) is 0 Å². The zero-order valence-electron chi connectivity index (χ0n) is 16.3. The first-order chi connectivity index (χ1) is 13.2. The summed E-state index contributed by atoms with van der Waals surface area (Å²) in [5.74, 6) is 13.9. The first-order valence-electron chi connectivity index (χ1n) is 10.7. The van der Waals surface area contributed by atoms with Crippen molar-refractivity contribution in [2.24, 2.45) is 35.0 Å². The molecule has 4 aliphatic rings. The predicted octanol–water partition coefficient (Wildman–Crippen LogP) is 5.47. The SMILES string of the molecule is O=C(O)CCC(C1CCSC1)(C1CCSC1)C(C1CCSC1)C1CCSC1. The molecule has 0 aromatic carbocycles. The molecule has 4 heterocycles. The Bertz CT molecular complexity index is 458. The second-order valence-corrected chi connectivity index (χ2v) is 13.5. The van der Waals surface area contributed by atoms with Crippen LogP contribution in [0.5, 0.6) is 0 Å². The Labute approximate surface area is 181 Å². The topological polar surface area (TPSA) is 37.3 Å². The van der Waals surface area contributed by atoms with Gasteiger partial charge in [0.1, 0.15) is 0 Å². The van der Waals surface area contributed by atoms with E-state index >= 15 is 0 Å². The van der Waals surface area contributed by atoms with E-state index in [-0.39, 0.29) is 5.41 Å². The number of thioether (sulfide) groups is 4. The molecule has 0 aliphatic carbocycles. The fraction of sp³-hybridized carbons (Fsp3) is 0.952. The first-order valence-corrected chi connectivity index (χ1v) is 15.4. The van der Waals surface area contributed by atoms with E-state index < -0.39 is 5.97 Å². The van der Waals surface area contributed by atoms with Gasteiger partial charge in [0.15, 0.2) is 0 Å². The summed E-state index contributed by atoms with van der Waals surface area (Å²) in [6, 6.07) is 0. The normalized spacial score (nSPS) is 37.5. The Kier molecular flexibility index (Phi) is 7.65. The van der Waals surface area contributed by atoms with Gasteiger partial charge in [0, 0.05) is 6.42 Å². The number of rotatable bonds is 8. The second-order valence-electron chi connectivity index (χ2n) is 8.90. The summed E-state index contributed by atoms with van der Waals surface area (Å²) in [6.45, 7) is 0. The minimum absolute atomic E-state index is 0.288. The molecule has 0 bridgehead atoms. The van der Waals surface area contributed by atoms with Gasteiger partial charge in [0.2, 0.25) is 0 Å². The Morgan fingerprint density at radius 1 is 0.815 bits per heavy atom. The average molecular weight is 447 g/mol. The van der Waals surface area contributed by atoms with Crippen LogP contribution in [-0.4, -0.2) is 57.1 Å². The highest BCUT2D eigenvalue weighted by Gasteiger charge is 2.56. The lowest BCUT2D eigenvalue weighted by atomic mass is 9.51. The van der Waals surface area contributed by atoms with E-state index in [0.717, 1.165) is 36.0 Å². The molecule has 27 heavy (non-hydrogen) atoms. The molecule has 4 atom stereocenters. The third-order valence-corrected chi connectivity index (χ3v) is 12.4. The van der Waals surface area contributed by atoms with Crippen LogP contribution in [0.15, 0.2) is 0 Å². The number of carboxylic acid groups (broad SMARTS) is 1. The molecule has 0 amide bonds. The van der Waals surface area contributed by atoms with Crippen molar-refractivity contribution in [3.05, 3.63) is 0 Å². The van der Waals surface area contributed by atoms with Crippen LogP contribution in [0, 0.1) is 35.0 Å². The summed E-state index contributed by atoms with van der Waals surface area (Å²) in [7, 11) is 0. The maximum absolute atomic E-state index is 11.7. The number of carbonyl (C=O) groups is 1. The van der Waals surface area contributed by atoms with Crippen LogP contribution < -0.4 is 0 Å². The Morgan fingerprint density at radius 2 is 1.30 bits per heavy atom. The summed E-state index contributed by atoms with van der Waals surface area (Å²) < 4.78 is 0. The van der Waals surface area contributed by atoms with E-state index in [9.17, 15) is 9.90 Å². The van der Waals surface area contributed by atoms with Gasteiger partial charge in [-0.3, -0.25) is 4.79 Å². The van der Waals surface area contributed by atoms with Gasteiger partial charge in [-0.1, -0.05) is 0 Å². The number of hydrogen-bond donors (Lipinski definition) is 1. The maximum atomic E-state index is 11.7. The van der Waals surface area contributed by atoms with Crippen molar-refractivity contribution < 1.29 is 9.90 Å². The fourth-order valence-electron chi connectivity index (χ4n) is 6.63. The molecule has 4 unspecified atom stereocenters. The van der Waals surface area contributed by atoms with Gasteiger partial charge in [-0.2, -0.15) is 47.0 Å². The zero-order chi connectivity index (χ0) is 18.7. The highest BCUT2D eigenvalue weighted by molar-refractivity contribution is 8.00. The number of hydrogen-bond acceptors (Lipinski definition) is 5. The van der Waals surface area contributed by atoms with Crippen LogP contribution in [0.25, 0.3) is 0 Å². The van der Waals surface area contributed by atoms with Crippen molar-refractivity contribution in [3.8, 4) is 0 Å². The Balaban J connectivity index is 1.74. The van der Waals surface area contributed by atoms with Crippen LogP contribution in [0.3, 0.4) is 0 Å². The lowest BCUT2D eigenvalue weighted by molar-refractivity contribution is -0.139. The third-order valence-electron chi connectivity index (χ3n) is 7.72. The highest BCUT2D eigenvalue weighted by atomic mass is 32.2. The smallest absolute Gasteiger partial charge is 0.303 e. The van der Waals surface area contributed by atoms with Crippen molar-refractivity contribution in [3.63, 3.8) is 0 Å². The van der Waals surface area contributed by atoms with E-state index in [2.05, 4.69) is 47.0 Å². The standard InChI is InChI=1S/C21H34O2S4/c22-19(23)1-6-21(17-4-9-26-13-17,18-5-10-27-14-18)20(15-2-7-24-11-15)16-3-8-25-12-16/h15-18,20H,1-14H2,(H,22,23). The molecule has 0 saturated carbocycles. The van der Waals surface area contributed by atoms with Crippen molar-refractivity contribution in [1.29, 1.82) is 0 Å². The monoisotopic (exact) mass is 446 g/mol. The van der Waals surface area contributed by atoms with E-state index in [1.54, 1.807) is 0 Å². The average Bonchev–Trinajstić information content (AvgIpc) is 3.47. The van der Waals surface area contributed by atoms with Crippen LogP contribution in [0.2, 0.25) is 0 Å². The van der Waals surface area contributed by atoms with Crippen LogP contribution in [-0.2, 0) is 4.79 Å². The lowest BCUT2D eigenvalue weighted by Crippen LogP contribution is -2.51. The molecule has 4 rings (SSSR count). The van der Waals surface area contributed by atoms with E-state index in [4.69, 9.17) is 0 Å². The lowest BCUT2D eigenvalue weighted by Gasteiger charge is -2.54. The van der Waals surface area contributed by atoms with Crippen LogP contribution >= 0.6 is 47.0 Å². The van der Waals surface area contributed by atoms with Gasteiger partial charge >= 0.3 is 5.97 Å². The molecule has 4 aliphatic heterocycles. The van der Waals surface area contributed by atoms with Gasteiger partial charge in [-0.05, 0) is 113 Å². The van der Waals surface area contributed by atoms with Crippen LogP contribution in [0.1, 0.15) is 38.5 Å². The van der Waals surface area contributed by atoms with E-state index in [0.29, 0.717) is 6.42 Å². The molecule has 4 fully saturated rings. The van der Waals surface area contributed by atoms with Crippen molar-refractivity contribution in [2.75, 3.05) is 46.0 Å². The number of aliphatic carboxylic acids is 1. The molecular formula is C21H34O2S4. The number of carboxylic acids is 1. The zero-order valence-corrected chi connectivity index (χ0v) is 19.5. The summed E-state index contributed by atoms with van der Waals surface area (Å²) in [5.41, 5.74) is 0.288. The van der Waals surface area contributed by atoms with Crippen molar-refractivity contribution in [1.82, 2.24) is 0 Å². The van der Waals surface area contributed by atoms with Gasteiger partial charge in [-0.25, -0.2) is 0 Å². The second kappa shape index (κ2) is 9.78. The highest BCUT2D eigenvalue weighted by Crippen LogP contribution is 2.61. The van der Waals surface area contributed by atoms with Gasteiger partial charge in [0.25, 0.3) is 0 Å². The summed E-state index contributed by atoms with van der Waals surface area (Å²) in [5, 5.41) is 9.66. The third kappa shape index (κ3) is 4.49. The molecule has 1 N–H and O–H groups in total. The van der Waals surface area contributed by atoms with Gasteiger partial charge in [0.05, 0.1) is 0 Å². The summed E-state index contributed by atoms with van der Waals surface area (Å²) in [4.78, 5) is 11.7. The van der Waals surface area contributed by atoms with Crippen molar-refractivity contribution >= 4 is 53.0 Å². The quantitative estimate of drug-likeness (QED) is 0.533. The molecule has 0 radical (unpaired) electrons. The molecule has 2 nitrogen and oxygen atoms in total. The minimum Gasteiger partial charge on any atom is -0.481 e. The molecule has 154 valence electrons. The molecule has 4 saturated heterocycles. The van der Waals surface area contributed by atoms with E-state index in [1.165, 1.54) is 71.7 Å². The molecule has 0 aromatic heterocycles. The summed E-state index contributed by atoms with van der Waals surface area (Å²) in [6.07, 6.45) is 6.77.